The third-order valence-corrected chi connectivity index (χ3v) is 5.14. The molecule has 0 spiro atoms. The summed E-state index contributed by atoms with van der Waals surface area (Å²) in [7, 11) is 0. The third kappa shape index (κ3) is 3.37. The van der Waals surface area contributed by atoms with E-state index < -0.39 is 5.60 Å². The average molecular weight is 339 g/mol. The van der Waals surface area contributed by atoms with E-state index in [1.54, 1.807) is 0 Å². The predicted molar refractivity (Wildman–Crippen MR) is 97.0 cm³/mol. The molecule has 1 atom stereocenters. The lowest BCUT2D eigenvalue weighted by molar-refractivity contribution is 0.0189. The molecule has 0 fully saturated rings. The zero-order valence-corrected chi connectivity index (χ0v) is 14.5. The summed E-state index contributed by atoms with van der Waals surface area (Å²) in [6.07, 6.45) is 3.77. The molecule has 0 radical (unpaired) electrons. The van der Waals surface area contributed by atoms with Crippen molar-refractivity contribution in [2.45, 2.75) is 37.8 Å². The van der Waals surface area contributed by atoms with E-state index in [9.17, 15) is 5.11 Å². The first-order chi connectivity index (χ1) is 12.3. The molecule has 2 aromatic rings. The Morgan fingerprint density at radius 1 is 1.00 bits per heavy atom. The topological polar surface area (TPSA) is 50.7 Å². The van der Waals surface area contributed by atoms with Crippen molar-refractivity contribution in [2.75, 3.05) is 19.8 Å². The highest BCUT2D eigenvalue weighted by molar-refractivity contribution is 5.47. The molecule has 0 saturated heterocycles. The van der Waals surface area contributed by atoms with Crippen molar-refractivity contribution >= 4 is 0 Å². The summed E-state index contributed by atoms with van der Waals surface area (Å²) in [6.45, 7) is 2.56. The summed E-state index contributed by atoms with van der Waals surface area (Å²) in [5.74, 6) is 1.65. The minimum Gasteiger partial charge on any atom is -0.490 e. The number of nitrogens with one attached hydrogen (secondary N) is 1. The van der Waals surface area contributed by atoms with Gasteiger partial charge in [0.15, 0.2) is 11.5 Å². The number of fused-ring (bicyclic) bond motifs is 2. The van der Waals surface area contributed by atoms with Gasteiger partial charge in [-0.2, -0.15) is 0 Å². The molecule has 1 aliphatic heterocycles. The van der Waals surface area contributed by atoms with Crippen LogP contribution < -0.4 is 14.8 Å². The fourth-order valence-electron chi connectivity index (χ4n) is 3.88. The molecule has 2 aromatic carbocycles. The van der Waals surface area contributed by atoms with E-state index in [2.05, 4.69) is 29.6 Å². The summed E-state index contributed by atoms with van der Waals surface area (Å²) >= 11 is 0. The maximum atomic E-state index is 11.2. The lowest BCUT2D eigenvalue weighted by Gasteiger charge is -2.35. The number of hydrogen-bond acceptors (Lipinski definition) is 4. The van der Waals surface area contributed by atoms with Crippen LogP contribution in [0.4, 0.5) is 0 Å². The molecule has 1 heterocycles. The van der Waals surface area contributed by atoms with Gasteiger partial charge in [0.2, 0.25) is 0 Å². The first-order valence-corrected chi connectivity index (χ1v) is 9.15. The first-order valence-electron chi connectivity index (χ1n) is 9.15. The third-order valence-electron chi connectivity index (χ3n) is 5.14. The second-order valence-corrected chi connectivity index (χ2v) is 6.94. The van der Waals surface area contributed by atoms with Crippen LogP contribution in [-0.2, 0) is 18.6 Å². The highest BCUT2D eigenvalue weighted by Crippen LogP contribution is 2.36. The minimum atomic E-state index is -0.794. The maximum Gasteiger partial charge on any atom is 0.165 e. The van der Waals surface area contributed by atoms with E-state index in [4.69, 9.17) is 9.47 Å². The van der Waals surface area contributed by atoms with Gasteiger partial charge >= 0.3 is 0 Å². The van der Waals surface area contributed by atoms with E-state index in [1.807, 2.05) is 18.2 Å². The summed E-state index contributed by atoms with van der Waals surface area (Å²) in [5, 5.41) is 14.6. The second kappa shape index (κ2) is 7.06. The number of hydrogen-bond donors (Lipinski definition) is 2. The lowest BCUT2D eigenvalue weighted by atomic mass is 9.79. The highest BCUT2D eigenvalue weighted by atomic mass is 16.5. The zero-order valence-electron chi connectivity index (χ0n) is 14.5. The van der Waals surface area contributed by atoms with Crippen molar-refractivity contribution in [2.24, 2.45) is 0 Å². The van der Waals surface area contributed by atoms with Gasteiger partial charge < -0.3 is 19.9 Å². The Morgan fingerprint density at radius 2 is 1.88 bits per heavy atom. The number of rotatable bonds is 4. The largest absolute Gasteiger partial charge is 0.490 e. The van der Waals surface area contributed by atoms with Gasteiger partial charge in [0.25, 0.3) is 0 Å². The van der Waals surface area contributed by atoms with Gasteiger partial charge in [-0.15, -0.1) is 0 Å². The smallest absolute Gasteiger partial charge is 0.165 e. The minimum absolute atomic E-state index is 0.536. The van der Waals surface area contributed by atoms with Gasteiger partial charge in [0, 0.05) is 25.1 Å². The molecule has 25 heavy (non-hydrogen) atoms. The van der Waals surface area contributed by atoms with E-state index in [0.29, 0.717) is 26.3 Å². The van der Waals surface area contributed by atoms with Crippen LogP contribution in [0.3, 0.4) is 0 Å². The summed E-state index contributed by atoms with van der Waals surface area (Å²) in [5.41, 5.74) is 2.62. The fourth-order valence-corrected chi connectivity index (χ4v) is 3.88. The van der Waals surface area contributed by atoms with Crippen LogP contribution in [0.25, 0.3) is 0 Å². The van der Waals surface area contributed by atoms with Gasteiger partial charge in [-0.25, -0.2) is 0 Å². The van der Waals surface area contributed by atoms with Gasteiger partial charge in [0.05, 0.1) is 13.2 Å². The fraction of sp³-hybridized carbons (Fsp3) is 0.429. The van der Waals surface area contributed by atoms with Crippen molar-refractivity contribution in [3.63, 3.8) is 0 Å². The Morgan fingerprint density at radius 3 is 2.84 bits per heavy atom. The molecular weight excluding hydrogens is 314 g/mol. The van der Waals surface area contributed by atoms with Gasteiger partial charge in [0.1, 0.15) is 5.60 Å². The lowest BCUT2D eigenvalue weighted by Crippen LogP contribution is -2.40. The highest BCUT2D eigenvalue weighted by Gasteiger charge is 2.33. The van der Waals surface area contributed by atoms with Crippen molar-refractivity contribution in [3.8, 4) is 11.5 Å². The van der Waals surface area contributed by atoms with Crippen LogP contribution >= 0.6 is 0 Å². The Hall–Kier alpha value is -2.04. The number of para-hydroxylation sites is 1. The second-order valence-electron chi connectivity index (χ2n) is 6.94. The van der Waals surface area contributed by atoms with Crippen LogP contribution in [0.1, 0.15) is 36.0 Å². The number of aryl methyl sites for hydroxylation is 1. The van der Waals surface area contributed by atoms with Crippen molar-refractivity contribution in [1.29, 1.82) is 0 Å². The molecule has 2 N–H and O–H groups in total. The van der Waals surface area contributed by atoms with Crippen LogP contribution in [0, 0.1) is 0 Å². The van der Waals surface area contributed by atoms with Crippen molar-refractivity contribution in [1.82, 2.24) is 5.32 Å². The molecule has 0 bridgehead atoms. The van der Waals surface area contributed by atoms with Gasteiger partial charge in [-0.1, -0.05) is 36.4 Å². The SMILES string of the molecule is OC1(CNCc2cccc3c2OCCCO3)CCCc2ccccc21. The molecule has 0 aromatic heterocycles. The quantitative estimate of drug-likeness (QED) is 0.898. The zero-order chi connectivity index (χ0) is 17.1. The molecule has 4 nitrogen and oxygen atoms in total. The Labute approximate surface area is 148 Å². The number of aliphatic hydroxyl groups is 1. The molecule has 0 amide bonds. The Bertz CT molecular complexity index is 746. The van der Waals surface area contributed by atoms with E-state index >= 15 is 0 Å². The predicted octanol–water partition coefficient (Wildman–Crippen LogP) is 3.16. The summed E-state index contributed by atoms with van der Waals surface area (Å²) in [6, 6.07) is 14.2. The Kier molecular flexibility index (Phi) is 4.64. The van der Waals surface area contributed by atoms with Crippen LogP contribution in [0.15, 0.2) is 42.5 Å². The normalized spacial score (nSPS) is 22.1. The molecule has 4 heteroatoms. The van der Waals surface area contributed by atoms with E-state index in [-0.39, 0.29) is 0 Å². The monoisotopic (exact) mass is 339 g/mol. The number of ether oxygens (including phenoxy) is 2. The number of benzene rings is 2. The first kappa shape index (κ1) is 16.4. The average Bonchev–Trinajstić information content (AvgIpc) is 2.88. The summed E-state index contributed by atoms with van der Waals surface area (Å²) in [4.78, 5) is 0. The molecule has 1 aliphatic carbocycles. The molecule has 1 unspecified atom stereocenters. The molecule has 0 saturated carbocycles. The Balaban J connectivity index is 1.47. The molecular formula is C21H25NO3. The summed E-state index contributed by atoms with van der Waals surface area (Å²) < 4.78 is 11.6. The standard InChI is InChI=1S/C21H25NO3/c23-21(11-4-8-16-6-1-2-9-18(16)21)15-22-14-17-7-3-10-19-20(17)25-13-5-12-24-19/h1-3,6-7,9-10,22-23H,4-5,8,11-15H2. The molecule has 132 valence electrons. The van der Waals surface area contributed by atoms with Crippen LogP contribution in [-0.4, -0.2) is 24.9 Å². The van der Waals surface area contributed by atoms with Gasteiger partial charge in [-0.05, 0) is 36.5 Å². The van der Waals surface area contributed by atoms with Crippen molar-refractivity contribution < 1.29 is 14.6 Å². The van der Waals surface area contributed by atoms with Gasteiger partial charge in [-0.3, -0.25) is 0 Å². The molecule has 4 rings (SSSR count). The van der Waals surface area contributed by atoms with Crippen LogP contribution in [0.2, 0.25) is 0 Å². The van der Waals surface area contributed by atoms with Crippen LogP contribution in [0.5, 0.6) is 11.5 Å². The van der Waals surface area contributed by atoms with Crippen molar-refractivity contribution in [3.05, 3.63) is 59.2 Å². The molecule has 2 aliphatic rings. The maximum absolute atomic E-state index is 11.2. The van der Waals surface area contributed by atoms with E-state index in [1.165, 1.54) is 5.56 Å². The van der Waals surface area contributed by atoms with E-state index in [0.717, 1.165) is 48.3 Å².